The van der Waals surface area contributed by atoms with Crippen LogP contribution >= 0.6 is 0 Å². The summed E-state index contributed by atoms with van der Waals surface area (Å²) in [6.07, 6.45) is 1.29. The first-order chi connectivity index (χ1) is 7.43. The van der Waals surface area contributed by atoms with E-state index in [2.05, 4.69) is 10.0 Å². The summed E-state index contributed by atoms with van der Waals surface area (Å²) in [5.41, 5.74) is 0. The SMILES string of the molecule is CCCCS(=O)(=O)N[C@@H](CNCC)C(=O)O. The van der Waals surface area contributed by atoms with Crippen LogP contribution in [0.2, 0.25) is 0 Å². The van der Waals surface area contributed by atoms with Crippen molar-refractivity contribution >= 4 is 16.0 Å². The lowest BCUT2D eigenvalue weighted by Crippen LogP contribution is -2.47. The van der Waals surface area contributed by atoms with E-state index in [-0.39, 0.29) is 12.3 Å². The third-order valence-corrected chi connectivity index (χ3v) is 3.45. The number of carboxylic acids is 1. The molecule has 0 saturated carbocycles. The summed E-state index contributed by atoms with van der Waals surface area (Å²) in [5, 5.41) is 11.6. The van der Waals surface area contributed by atoms with Gasteiger partial charge in [0.05, 0.1) is 5.75 Å². The Balaban J connectivity index is 4.32. The van der Waals surface area contributed by atoms with Crippen molar-refractivity contribution in [3.05, 3.63) is 0 Å². The van der Waals surface area contributed by atoms with Gasteiger partial charge < -0.3 is 10.4 Å². The summed E-state index contributed by atoms with van der Waals surface area (Å²) in [6.45, 7) is 4.39. The van der Waals surface area contributed by atoms with Gasteiger partial charge in [-0.1, -0.05) is 20.3 Å². The molecule has 0 unspecified atom stereocenters. The van der Waals surface area contributed by atoms with Crippen LogP contribution < -0.4 is 10.0 Å². The minimum absolute atomic E-state index is 0.0284. The van der Waals surface area contributed by atoms with E-state index in [0.29, 0.717) is 13.0 Å². The van der Waals surface area contributed by atoms with Gasteiger partial charge in [-0.05, 0) is 13.0 Å². The van der Waals surface area contributed by atoms with E-state index in [1.807, 2.05) is 13.8 Å². The van der Waals surface area contributed by atoms with E-state index in [0.717, 1.165) is 6.42 Å². The van der Waals surface area contributed by atoms with Crippen molar-refractivity contribution < 1.29 is 18.3 Å². The van der Waals surface area contributed by atoms with E-state index >= 15 is 0 Å². The Morgan fingerprint density at radius 2 is 2.00 bits per heavy atom. The van der Waals surface area contributed by atoms with Crippen molar-refractivity contribution in [2.75, 3.05) is 18.8 Å². The summed E-state index contributed by atoms with van der Waals surface area (Å²) in [6, 6.07) is -1.10. The molecule has 96 valence electrons. The lowest BCUT2D eigenvalue weighted by Gasteiger charge is -2.14. The Morgan fingerprint density at radius 3 is 2.44 bits per heavy atom. The largest absolute Gasteiger partial charge is 0.480 e. The minimum Gasteiger partial charge on any atom is -0.480 e. The molecule has 0 aliphatic carbocycles. The fourth-order valence-electron chi connectivity index (χ4n) is 1.08. The van der Waals surface area contributed by atoms with Crippen molar-refractivity contribution in [1.29, 1.82) is 0 Å². The number of hydrogen-bond acceptors (Lipinski definition) is 4. The van der Waals surface area contributed by atoms with E-state index in [9.17, 15) is 13.2 Å². The third kappa shape index (κ3) is 6.76. The van der Waals surface area contributed by atoms with Gasteiger partial charge in [0.15, 0.2) is 0 Å². The van der Waals surface area contributed by atoms with Gasteiger partial charge in [-0.3, -0.25) is 4.79 Å². The second-order valence-electron chi connectivity index (χ2n) is 3.49. The van der Waals surface area contributed by atoms with E-state index in [1.165, 1.54) is 0 Å². The van der Waals surface area contributed by atoms with Crippen LogP contribution in [0, 0.1) is 0 Å². The molecule has 6 nitrogen and oxygen atoms in total. The lowest BCUT2D eigenvalue weighted by atomic mass is 10.3. The Kier molecular flexibility index (Phi) is 7.27. The zero-order valence-corrected chi connectivity index (χ0v) is 10.5. The maximum Gasteiger partial charge on any atom is 0.323 e. The smallest absolute Gasteiger partial charge is 0.323 e. The predicted molar refractivity (Wildman–Crippen MR) is 61.8 cm³/mol. The van der Waals surface area contributed by atoms with E-state index in [1.54, 1.807) is 0 Å². The van der Waals surface area contributed by atoms with Crippen molar-refractivity contribution in [3.8, 4) is 0 Å². The molecule has 0 aromatic carbocycles. The summed E-state index contributed by atoms with van der Waals surface area (Å²) >= 11 is 0. The lowest BCUT2D eigenvalue weighted by molar-refractivity contribution is -0.138. The normalized spacial score (nSPS) is 13.6. The number of aliphatic carboxylic acids is 1. The Bertz CT molecular complexity index is 303. The van der Waals surface area contributed by atoms with Crippen LogP contribution in [0.15, 0.2) is 0 Å². The Morgan fingerprint density at radius 1 is 1.38 bits per heavy atom. The molecule has 0 heterocycles. The predicted octanol–water partition coefficient (Wildman–Crippen LogP) is -0.231. The molecule has 0 fully saturated rings. The molecule has 0 saturated heterocycles. The van der Waals surface area contributed by atoms with Crippen molar-refractivity contribution in [3.63, 3.8) is 0 Å². The highest BCUT2D eigenvalue weighted by Crippen LogP contribution is 1.96. The number of unbranched alkanes of at least 4 members (excludes halogenated alkanes) is 1. The van der Waals surface area contributed by atoms with Gasteiger partial charge in [-0.15, -0.1) is 0 Å². The molecule has 0 aromatic rings. The zero-order valence-electron chi connectivity index (χ0n) is 9.69. The van der Waals surface area contributed by atoms with E-state index < -0.39 is 22.0 Å². The number of nitrogens with one attached hydrogen (secondary N) is 2. The number of likely N-dealkylation sites (N-methyl/N-ethyl adjacent to an activating group) is 1. The average Bonchev–Trinajstić information content (AvgIpc) is 2.21. The molecule has 1 atom stereocenters. The molecule has 0 spiro atoms. The van der Waals surface area contributed by atoms with Gasteiger partial charge in [0.1, 0.15) is 6.04 Å². The van der Waals surface area contributed by atoms with Gasteiger partial charge in [0, 0.05) is 6.54 Å². The first-order valence-corrected chi connectivity index (χ1v) is 7.01. The second kappa shape index (κ2) is 7.59. The number of sulfonamides is 1. The van der Waals surface area contributed by atoms with E-state index in [4.69, 9.17) is 5.11 Å². The van der Waals surface area contributed by atoms with Crippen molar-refractivity contribution in [1.82, 2.24) is 10.0 Å². The Hall–Kier alpha value is -0.660. The van der Waals surface area contributed by atoms with Crippen molar-refractivity contribution in [2.24, 2.45) is 0 Å². The fourth-order valence-corrected chi connectivity index (χ4v) is 2.48. The quantitative estimate of drug-likeness (QED) is 0.527. The molecule has 0 amide bonds. The van der Waals surface area contributed by atoms with Gasteiger partial charge in [0.25, 0.3) is 0 Å². The standard InChI is InChI=1S/C9H20N2O4S/c1-3-5-6-16(14,15)11-8(9(12)13)7-10-4-2/h8,10-11H,3-7H2,1-2H3,(H,12,13)/t8-/m0/s1. The Labute approximate surface area is 96.5 Å². The molecule has 0 radical (unpaired) electrons. The summed E-state index contributed by atoms with van der Waals surface area (Å²) in [7, 11) is -3.49. The third-order valence-electron chi connectivity index (χ3n) is 1.98. The molecular formula is C9H20N2O4S. The summed E-state index contributed by atoms with van der Waals surface area (Å²) in [4.78, 5) is 10.8. The molecule has 16 heavy (non-hydrogen) atoms. The first kappa shape index (κ1) is 15.3. The van der Waals surface area contributed by atoms with Crippen LogP contribution in [-0.4, -0.2) is 44.4 Å². The van der Waals surface area contributed by atoms with Gasteiger partial charge in [0.2, 0.25) is 10.0 Å². The van der Waals surface area contributed by atoms with Crippen LogP contribution in [0.25, 0.3) is 0 Å². The maximum atomic E-state index is 11.5. The molecule has 3 N–H and O–H groups in total. The monoisotopic (exact) mass is 252 g/mol. The number of rotatable bonds is 9. The van der Waals surface area contributed by atoms with Crippen LogP contribution in [-0.2, 0) is 14.8 Å². The molecule has 0 aliphatic rings. The van der Waals surface area contributed by atoms with Gasteiger partial charge >= 0.3 is 5.97 Å². The first-order valence-electron chi connectivity index (χ1n) is 5.36. The summed E-state index contributed by atoms with van der Waals surface area (Å²) in [5.74, 6) is -1.19. The highest BCUT2D eigenvalue weighted by Gasteiger charge is 2.22. The molecule has 0 aromatic heterocycles. The molecule has 7 heteroatoms. The summed E-state index contributed by atoms with van der Waals surface area (Å²) < 4.78 is 25.1. The molecular weight excluding hydrogens is 232 g/mol. The topological polar surface area (TPSA) is 95.5 Å². The maximum absolute atomic E-state index is 11.5. The minimum atomic E-state index is -3.49. The highest BCUT2D eigenvalue weighted by molar-refractivity contribution is 7.89. The van der Waals surface area contributed by atoms with Gasteiger partial charge in [-0.2, -0.15) is 4.72 Å². The number of hydrogen-bond donors (Lipinski definition) is 3. The molecule has 0 aliphatic heterocycles. The van der Waals surface area contributed by atoms with Crippen LogP contribution in [0.4, 0.5) is 0 Å². The van der Waals surface area contributed by atoms with Gasteiger partial charge in [-0.25, -0.2) is 8.42 Å². The van der Waals surface area contributed by atoms with Crippen LogP contribution in [0.1, 0.15) is 26.7 Å². The average molecular weight is 252 g/mol. The number of carbonyl (C=O) groups is 1. The highest BCUT2D eigenvalue weighted by atomic mass is 32.2. The van der Waals surface area contributed by atoms with Crippen LogP contribution in [0.3, 0.4) is 0 Å². The zero-order chi connectivity index (χ0) is 12.6. The molecule has 0 bridgehead atoms. The second-order valence-corrected chi connectivity index (χ2v) is 5.36. The number of carboxylic acid groups (broad SMARTS) is 1. The fraction of sp³-hybridized carbons (Fsp3) is 0.889. The molecule has 0 rings (SSSR count). The van der Waals surface area contributed by atoms with Crippen LogP contribution in [0.5, 0.6) is 0 Å². The van der Waals surface area contributed by atoms with Crippen molar-refractivity contribution in [2.45, 2.75) is 32.7 Å².